The van der Waals surface area contributed by atoms with Gasteiger partial charge >= 0.3 is 0 Å². The average molecular weight is 367 g/mol. The summed E-state index contributed by atoms with van der Waals surface area (Å²) in [6.45, 7) is 0. The van der Waals surface area contributed by atoms with Crippen molar-refractivity contribution < 1.29 is 9.84 Å². The Kier molecular flexibility index (Phi) is 3.69. The van der Waals surface area contributed by atoms with Crippen LogP contribution >= 0.6 is 0 Å². The molecular weight excluding hydrogens is 350 g/mol. The number of imidazole rings is 1. The zero-order valence-corrected chi connectivity index (χ0v) is 14.7. The van der Waals surface area contributed by atoms with E-state index in [1.165, 1.54) is 6.26 Å². The molecule has 0 atom stereocenters. The number of nitrogens with one attached hydrogen (secondary N) is 1. The smallest absolute Gasteiger partial charge is 0.175 e. The predicted molar refractivity (Wildman–Crippen MR) is 102 cm³/mol. The molecule has 0 bridgehead atoms. The summed E-state index contributed by atoms with van der Waals surface area (Å²) >= 11 is 0. The van der Waals surface area contributed by atoms with Crippen molar-refractivity contribution in [2.24, 2.45) is 0 Å². The molecule has 0 fully saturated rings. The van der Waals surface area contributed by atoms with Crippen molar-refractivity contribution in [1.82, 2.24) is 19.9 Å². The fraction of sp³-hybridized carbons (Fsp3) is 0.0556. The first kappa shape index (κ1) is 16.2. The van der Waals surface area contributed by atoms with Crippen LogP contribution in [0, 0.1) is 0 Å². The van der Waals surface area contributed by atoms with E-state index < -0.39 is 9.84 Å². The van der Waals surface area contributed by atoms with Crippen molar-refractivity contribution in [3.63, 3.8) is 0 Å². The zero-order chi connectivity index (χ0) is 18.3. The third-order valence-corrected chi connectivity index (χ3v) is 5.12. The van der Waals surface area contributed by atoms with Crippen molar-refractivity contribution in [3.05, 3.63) is 54.7 Å². The Morgan fingerprint density at radius 3 is 2.46 bits per heavy atom. The van der Waals surface area contributed by atoms with Gasteiger partial charge in [0.15, 0.2) is 21.5 Å². The average Bonchev–Trinajstić information content (AvgIpc) is 3.05. The van der Waals surface area contributed by atoms with Crippen molar-refractivity contribution in [1.29, 1.82) is 0 Å². The number of nitrogens with two attached hydrogens (primary N) is 1. The number of aromatic nitrogens is 4. The van der Waals surface area contributed by atoms with Gasteiger partial charge in [0.2, 0.25) is 0 Å². The van der Waals surface area contributed by atoms with Gasteiger partial charge in [-0.15, -0.1) is 0 Å². The number of aromatic amines is 1. The minimum Gasteiger partial charge on any atom is -0.382 e. The molecule has 4 aromatic rings. The van der Waals surface area contributed by atoms with Gasteiger partial charge in [-0.05, 0) is 24.3 Å². The first-order valence-electron chi connectivity index (χ1n) is 7.80. The van der Waals surface area contributed by atoms with Crippen LogP contribution in [-0.2, 0) is 9.84 Å². The van der Waals surface area contributed by atoms with Crippen LogP contribution in [0.4, 0.5) is 5.82 Å². The highest BCUT2D eigenvalue weighted by atomic mass is 32.2. The Bertz CT molecular complexity index is 1190. The first-order chi connectivity index (χ1) is 12.4. The second kappa shape index (κ2) is 5.92. The van der Waals surface area contributed by atoms with Crippen LogP contribution in [-0.4, -0.2) is 34.6 Å². The number of nitrogens with zero attached hydrogens (tertiary/aromatic N) is 3. The normalized spacial score (nSPS) is 11.7. The van der Waals surface area contributed by atoms with Crippen molar-refractivity contribution in [3.8, 4) is 22.8 Å². The molecule has 4 rings (SSSR count). The topological polar surface area (TPSA) is 115 Å². The van der Waals surface area contributed by atoms with Gasteiger partial charge in [-0.3, -0.25) is 0 Å². The molecule has 2 aromatic carbocycles. The minimum absolute atomic E-state index is 0. The Morgan fingerprint density at radius 2 is 1.77 bits per heavy atom. The Hall–Kier alpha value is -3.26. The van der Waals surface area contributed by atoms with Crippen LogP contribution in [0.2, 0.25) is 0 Å². The summed E-state index contributed by atoms with van der Waals surface area (Å²) in [7, 11) is -3.25. The van der Waals surface area contributed by atoms with E-state index in [4.69, 9.17) is 5.73 Å². The highest BCUT2D eigenvalue weighted by Gasteiger charge is 2.14. The van der Waals surface area contributed by atoms with Crippen molar-refractivity contribution >= 4 is 26.7 Å². The molecule has 0 radical (unpaired) electrons. The summed E-state index contributed by atoms with van der Waals surface area (Å²) in [5.74, 6) is 0.798. The van der Waals surface area contributed by atoms with Crippen LogP contribution in [0.1, 0.15) is 1.43 Å². The standard InChI is InChI=1S/C18H15N5O2S.H2/c1-26(24,25)12-8-6-11(7-9-12)15-10-20-17(19)16(21-15)18-22-13-4-2-3-5-14(13)23-18;/h2-10H,1H3,(H2,19,20)(H,22,23);1H. The van der Waals surface area contributed by atoms with Gasteiger partial charge in [-0.2, -0.15) is 0 Å². The minimum atomic E-state index is -3.25. The number of fused-ring (bicyclic) bond motifs is 1. The van der Waals surface area contributed by atoms with Gasteiger partial charge in [0, 0.05) is 13.2 Å². The quantitative estimate of drug-likeness (QED) is 0.575. The van der Waals surface area contributed by atoms with Crippen LogP contribution in [0.15, 0.2) is 59.6 Å². The molecule has 0 aliphatic carbocycles. The monoisotopic (exact) mass is 367 g/mol. The van der Waals surface area contributed by atoms with Gasteiger partial charge in [-0.1, -0.05) is 24.3 Å². The van der Waals surface area contributed by atoms with Crippen LogP contribution in [0.3, 0.4) is 0 Å². The summed E-state index contributed by atoms with van der Waals surface area (Å²) < 4.78 is 23.2. The van der Waals surface area contributed by atoms with Gasteiger partial charge in [0.25, 0.3) is 0 Å². The number of sulfone groups is 1. The SMILES string of the molecule is CS(=O)(=O)c1ccc(-c2cnc(N)c(-c3nc4ccccc4[nH]3)n2)cc1.[HH]. The molecule has 7 nitrogen and oxygen atoms in total. The molecule has 2 heterocycles. The van der Waals surface area contributed by atoms with E-state index in [2.05, 4.69) is 19.9 Å². The third kappa shape index (κ3) is 2.91. The lowest BCUT2D eigenvalue weighted by Gasteiger charge is -2.06. The third-order valence-electron chi connectivity index (χ3n) is 3.99. The summed E-state index contributed by atoms with van der Waals surface area (Å²) in [5, 5.41) is 0. The first-order valence-corrected chi connectivity index (χ1v) is 9.69. The van der Waals surface area contributed by atoms with E-state index in [0.717, 1.165) is 16.6 Å². The number of hydrogen-bond acceptors (Lipinski definition) is 6. The Labute approximate surface area is 151 Å². The lowest BCUT2D eigenvalue weighted by atomic mass is 10.1. The second-order valence-electron chi connectivity index (χ2n) is 5.89. The van der Waals surface area contributed by atoms with E-state index in [9.17, 15) is 8.42 Å². The molecule has 2 aromatic heterocycles. The van der Waals surface area contributed by atoms with Crippen LogP contribution in [0.25, 0.3) is 33.8 Å². The molecule has 0 spiro atoms. The highest BCUT2D eigenvalue weighted by Crippen LogP contribution is 2.26. The number of benzene rings is 2. The summed E-state index contributed by atoms with van der Waals surface area (Å²) in [4.78, 5) is 16.7. The van der Waals surface area contributed by atoms with Gasteiger partial charge in [0.05, 0.1) is 27.8 Å². The van der Waals surface area contributed by atoms with Gasteiger partial charge in [0.1, 0.15) is 5.69 Å². The predicted octanol–water partition coefficient (Wildman–Crippen LogP) is 2.92. The number of rotatable bonds is 3. The molecular formula is C18H17N5O2S. The maximum absolute atomic E-state index is 11.6. The lowest BCUT2D eigenvalue weighted by molar-refractivity contribution is 0.602. The largest absolute Gasteiger partial charge is 0.382 e. The zero-order valence-electron chi connectivity index (χ0n) is 13.8. The molecule has 8 heteroatoms. The molecule has 132 valence electrons. The van der Waals surface area contributed by atoms with Gasteiger partial charge in [-0.25, -0.2) is 23.4 Å². The molecule has 0 amide bonds. The summed E-state index contributed by atoms with van der Waals surface area (Å²) in [6, 6.07) is 14.1. The summed E-state index contributed by atoms with van der Waals surface area (Å²) in [5.41, 5.74) is 9.45. The second-order valence-corrected chi connectivity index (χ2v) is 7.90. The van der Waals surface area contributed by atoms with E-state index >= 15 is 0 Å². The molecule has 26 heavy (non-hydrogen) atoms. The number of para-hydroxylation sites is 2. The maximum atomic E-state index is 11.6. The van der Waals surface area contributed by atoms with Crippen molar-refractivity contribution in [2.45, 2.75) is 4.90 Å². The lowest BCUT2D eigenvalue weighted by Crippen LogP contribution is -2.00. The van der Waals surface area contributed by atoms with E-state index in [-0.39, 0.29) is 12.1 Å². The Balaban J connectivity index is 0.00000210. The van der Waals surface area contributed by atoms with Crippen molar-refractivity contribution in [2.75, 3.05) is 12.0 Å². The van der Waals surface area contributed by atoms with Gasteiger partial charge < -0.3 is 10.7 Å². The molecule has 0 unspecified atom stereocenters. The number of H-pyrrole nitrogens is 1. The highest BCUT2D eigenvalue weighted by molar-refractivity contribution is 7.90. The Morgan fingerprint density at radius 1 is 1.04 bits per heavy atom. The number of anilines is 1. The molecule has 0 aliphatic heterocycles. The van der Waals surface area contributed by atoms with E-state index in [1.54, 1.807) is 30.5 Å². The molecule has 0 aliphatic rings. The fourth-order valence-corrected chi connectivity index (χ4v) is 3.28. The van der Waals surface area contributed by atoms with Crippen LogP contribution in [0.5, 0.6) is 0 Å². The summed E-state index contributed by atoms with van der Waals surface area (Å²) in [6.07, 6.45) is 2.72. The van der Waals surface area contributed by atoms with E-state index in [1.807, 2.05) is 24.3 Å². The molecule has 0 saturated carbocycles. The molecule has 3 N–H and O–H groups in total. The number of hydrogen-bond donors (Lipinski definition) is 2. The van der Waals surface area contributed by atoms with E-state index in [0.29, 0.717) is 17.2 Å². The maximum Gasteiger partial charge on any atom is 0.175 e. The fourth-order valence-electron chi connectivity index (χ4n) is 2.65. The number of nitrogen functional groups attached to an aromatic ring is 1. The van der Waals surface area contributed by atoms with Crippen LogP contribution < -0.4 is 5.73 Å². The molecule has 0 saturated heterocycles.